The molecule has 4 heteroatoms. The Balaban J connectivity index is 1.37. The molecule has 35 heavy (non-hydrogen) atoms. The van der Waals surface area contributed by atoms with Crippen molar-refractivity contribution in [2.45, 2.75) is 32.1 Å². The van der Waals surface area contributed by atoms with Gasteiger partial charge in [-0.25, -0.2) is 4.98 Å². The Kier molecular flexibility index (Phi) is 6.44. The number of amides is 1. The first-order valence-corrected chi connectivity index (χ1v) is 12.0. The number of nitrogens with one attached hydrogen (secondary N) is 1. The van der Waals surface area contributed by atoms with Gasteiger partial charge in [-0.15, -0.1) is 0 Å². The number of oxazole rings is 1. The van der Waals surface area contributed by atoms with Crippen molar-refractivity contribution in [1.29, 1.82) is 0 Å². The summed E-state index contributed by atoms with van der Waals surface area (Å²) in [6, 6.07) is 33.5. The quantitative estimate of drug-likeness (QED) is 0.270. The van der Waals surface area contributed by atoms with Gasteiger partial charge < -0.3 is 9.73 Å². The third-order valence-corrected chi connectivity index (χ3v) is 6.52. The van der Waals surface area contributed by atoms with Gasteiger partial charge in [-0.1, -0.05) is 80.6 Å². The minimum absolute atomic E-state index is 0.0745. The van der Waals surface area contributed by atoms with Crippen molar-refractivity contribution in [3.05, 3.63) is 120 Å². The summed E-state index contributed by atoms with van der Waals surface area (Å²) in [5.74, 6) is 0.590. The highest BCUT2D eigenvalue weighted by Crippen LogP contribution is 2.30. The van der Waals surface area contributed by atoms with E-state index in [2.05, 4.69) is 31.3 Å². The SMILES string of the molecule is CC[C@H](C)c1ccc2oc(-c3ccc(NC(=O)C(c4ccccc4)c4ccccc4)cc3)nc2c1. The van der Waals surface area contributed by atoms with E-state index >= 15 is 0 Å². The maximum Gasteiger partial charge on any atom is 0.236 e. The molecule has 4 aromatic carbocycles. The van der Waals surface area contributed by atoms with Gasteiger partial charge in [0, 0.05) is 11.3 Å². The van der Waals surface area contributed by atoms with Crippen molar-refractivity contribution in [3.8, 4) is 11.5 Å². The molecule has 0 saturated heterocycles. The fraction of sp³-hybridized carbons (Fsp3) is 0.161. The third-order valence-electron chi connectivity index (χ3n) is 6.52. The molecule has 1 aromatic heterocycles. The molecule has 0 aliphatic rings. The molecule has 0 aliphatic carbocycles. The Morgan fingerprint density at radius 2 is 1.46 bits per heavy atom. The van der Waals surface area contributed by atoms with Crippen molar-refractivity contribution in [3.63, 3.8) is 0 Å². The smallest absolute Gasteiger partial charge is 0.236 e. The normalized spacial score (nSPS) is 12.1. The van der Waals surface area contributed by atoms with Gasteiger partial charge in [0.05, 0.1) is 5.92 Å². The van der Waals surface area contributed by atoms with E-state index in [9.17, 15) is 4.79 Å². The first-order chi connectivity index (χ1) is 17.1. The molecule has 0 spiro atoms. The summed E-state index contributed by atoms with van der Waals surface area (Å²) in [5, 5.41) is 3.08. The van der Waals surface area contributed by atoms with Crippen LogP contribution in [0, 0.1) is 0 Å². The first-order valence-electron chi connectivity index (χ1n) is 12.0. The van der Waals surface area contributed by atoms with Crippen LogP contribution in [0.3, 0.4) is 0 Å². The van der Waals surface area contributed by atoms with Gasteiger partial charge in [0.25, 0.3) is 0 Å². The Hall–Kier alpha value is -4.18. The fourth-order valence-electron chi connectivity index (χ4n) is 4.31. The molecule has 1 heterocycles. The summed E-state index contributed by atoms with van der Waals surface area (Å²) in [4.78, 5) is 18.1. The second kappa shape index (κ2) is 9.98. The number of aromatic nitrogens is 1. The van der Waals surface area contributed by atoms with E-state index in [1.165, 1.54) is 5.56 Å². The minimum atomic E-state index is -0.395. The largest absolute Gasteiger partial charge is 0.436 e. The number of benzene rings is 4. The van der Waals surface area contributed by atoms with Crippen LogP contribution in [0.2, 0.25) is 0 Å². The Bertz CT molecular complexity index is 1380. The molecule has 5 aromatic rings. The predicted molar refractivity (Wildman–Crippen MR) is 142 cm³/mol. The van der Waals surface area contributed by atoms with Crippen LogP contribution in [0.4, 0.5) is 5.69 Å². The van der Waals surface area contributed by atoms with Crippen LogP contribution >= 0.6 is 0 Å². The first kappa shape index (κ1) is 22.6. The van der Waals surface area contributed by atoms with Crippen molar-refractivity contribution in [2.24, 2.45) is 0 Å². The number of hydrogen-bond acceptors (Lipinski definition) is 3. The van der Waals surface area contributed by atoms with Gasteiger partial charge in [0.15, 0.2) is 5.58 Å². The van der Waals surface area contributed by atoms with Crippen LogP contribution in [0.15, 0.2) is 108 Å². The van der Waals surface area contributed by atoms with Gasteiger partial charge in [-0.2, -0.15) is 0 Å². The molecule has 0 aliphatic heterocycles. The van der Waals surface area contributed by atoms with Crippen LogP contribution in [0.1, 0.15) is 48.8 Å². The second-order valence-electron chi connectivity index (χ2n) is 8.88. The zero-order valence-electron chi connectivity index (χ0n) is 19.9. The summed E-state index contributed by atoms with van der Waals surface area (Å²) in [6.07, 6.45) is 1.08. The average Bonchev–Trinajstić information content (AvgIpc) is 3.33. The molecule has 0 radical (unpaired) electrons. The average molecular weight is 461 g/mol. The number of nitrogens with zero attached hydrogens (tertiary/aromatic N) is 1. The predicted octanol–water partition coefficient (Wildman–Crippen LogP) is 7.78. The van der Waals surface area contributed by atoms with E-state index in [4.69, 9.17) is 9.40 Å². The number of carbonyl (C=O) groups excluding carboxylic acids is 1. The molecule has 1 N–H and O–H groups in total. The zero-order valence-corrected chi connectivity index (χ0v) is 19.9. The lowest BCUT2D eigenvalue weighted by Crippen LogP contribution is -2.22. The minimum Gasteiger partial charge on any atom is -0.436 e. The van der Waals surface area contributed by atoms with E-state index in [-0.39, 0.29) is 5.91 Å². The third kappa shape index (κ3) is 4.87. The summed E-state index contributed by atoms with van der Waals surface area (Å²) >= 11 is 0. The lowest BCUT2D eigenvalue weighted by Gasteiger charge is -2.18. The van der Waals surface area contributed by atoms with Crippen molar-refractivity contribution < 1.29 is 9.21 Å². The van der Waals surface area contributed by atoms with Gasteiger partial charge in [0.2, 0.25) is 11.8 Å². The molecule has 1 amide bonds. The molecule has 0 fully saturated rings. The summed E-state index contributed by atoms with van der Waals surface area (Å²) in [6.45, 7) is 4.40. The summed E-state index contributed by atoms with van der Waals surface area (Å²) in [7, 11) is 0. The maximum absolute atomic E-state index is 13.4. The zero-order chi connectivity index (χ0) is 24.2. The van der Waals surface area contributed by atoms with Crippen LogP contribution in [0.5, 0.6) is 0 Å². The molecular formula is C31H28N2O2. The van der Waals surface area contributed by atoms with Gasteiger partial charge in [-0.3, -0.25) is 4.79 Å². The van der Waals surface area contributed by atoms with E-state index in [0.29, 0.717) is 11.8 Å². The number of fused-ring (bicyclic) bond motifs is 1. The highest BCUT2D eigenvalue weighted by atomic mass is 16.3. The fourth-order valence-corrected chi connectivity index (χ4v) is 4.31. The lowest BCUT2D eigenvalue weighted by atomic mass is 9.90. The highest BCUT2D eigenvalue weighted by Gasteiger charge is 2.22. The summed E-state index contributed by atoms with van der Waals surface area (Å²) < 4.78 is 6.00. The van der Waals surface area contributed by atoms with Crippen molar-refractivity contribution in [2.75, 3.05) is 5.32 Å². The molecule has 5 rings (SSSR count). The standard InChI is InChI=1S/C31H28N2O2/c1-3-21(2)25-16-19-28-27(20-25)33-31(35-28)24-14-17-26(18-15-24)32-30(34)29(22-10-6-4-7-11-22)23-12-8-5-9-13-23/h4-21,29H,3H2,1-2H3,(H,32,34)/t21-/m0/s1. The van der Waals surface area contributed by atoms with Crippen LogP contribution in [-0.2, 0) is 4.79 Å². The maximum atomic E-state index is 13.4. The van der Waals surface area contributed by atoms with Gasteiger partial charge >= 0.3 is 0 Å². The molecule has 0 bridgehead atoms. The van der Waals surface area contributed by atoms with E-state index in [0.717, 1.165) is 39.9 Å². The second-order valence-corrected chi connectivity index (χ2v) is 8.88. The summed E-state index contributed by atoms with van der Waals surface area (Å²) in [5.41, 5.74) is 6.41. The monoisotopic (exact) mass is 460 g/mol. The van der Waals surface area contributed by atoms with E-state index < -0.39 is 5.92 Å². The van der Waals surface area contributed by atoms with E-state index in [1.54, 1.807) is 0 Å². The number of rotatable bonds is 7. The van der Waals surface area contributed by atoms with Crippen molar-refractivity contribution in [1.82, 2.24) is 4.98 Å². The van der Waals surface area contributed by atoms with Crippen LogP contribution in [-0.4, -0.2) is 10.9 Å². The van der Waals surface area contributed by atoms with E-state index in [1.807, 2.05) is 91.0 Å². The Labute approximate surface area is 205 Å². The number of anilines is 1. The molecule has 0 saturated carbocycles. The Morgan fingerprint density at radius 3 is 2.06 bits per heavy atom. The molecular weight excluding hydrogens is 432 g/mol. The topological polar surface area (TPSA) is 55.1 Å². The van der Waals surface area contributed by atoms with Crippen LogP contribution in [0.25, 0.3) is 22.6 Å². The lowest BCUT2D eigenvalue weighted by molar-refractivity contribution is -0.116. The number of carbonyl (C=O) groups is 1. The highest BCUT2D eigenvalue weighted by molar-refractivity contribution is 5.98. The molecule has 4 nitrogen and oxygen atoms in total. The van der Waals surface area contributed by atoms with Gasteiger partial charge in [-0.05, 0) is 65.4 Å². The molecule has 174 valence electrons. The molecule has 1 atom stereocenters. The molecule has 0 unspecified atom stereocenters. The number of hydrogen-bond donors (Lipinski definition) is 1. The van der Waals surface area contributed by atoms with Crippen LogP contribution < -0.4 is 5.32 Å². The van der Waals surface area contributed by atoms with Crippen molar-refractivity contribution >= 4 is 22.7 Å². The Morgan fingerprint density at radius 1 is 0.829 bits per heavy atom. The van der Waals surface area contributed by atoms with Gasteiger partial charge in [0.1, 0.15) is 5.52 Å².